The van der Waals surface area contributed by atoms with Crippen molar-refractivity contribution in [1.29, 1.82) is 0 Å². The molecular weight excluding hydrogens is 430 g/mol. The number of hydrogen-bond donors (Lipinski definition) is 3. The minimum absolute atomic E-state index is 0.0235. The smallest absolute Gasteiger partial charge is 0.336 e. The van der Waals surface area contributed by atoms with Crippen LogP contribution in [-0.2, 0) is 25.7 Å². The van der Waals surface area contributed by atoms with E-state index in [0.29, 0.717) is 37.4 Å². The number of esters is 1. The van der Waals surface area contributed by atoms with Crippen molar-refractivity contribution in [3.63, 3.8) is 0 Å². The molecule has 0 bridgehead atoms. The maximum Gasteiger partial charge on any atom is 0.336 e. The van der Waals surface area contributed by atoms with Crippen LogP contribution < -0.4 is 16.4 Å². The average Bonchev–Trinajstić information content (AvgIpc) is 3.34. The number of nitrogens with one attached hydrogen (secondary N) is 2. The Morgan fingerprint density at radius 3 is 2.47 bits per heavy atom. The van der Waals surface area contributed by atoms with Gasteiger partial charge in [0.05, 0.1) is 16.7 Å². The van der Waals surface area contributed by atoms with Gasteiger partial charge >= 0.3 is 5.97 Å². The summed E-state index contributed by atoms with van der Waals surface area (Å²) in [7, 11) is 0. The second-order valence-electron chi connectivity index (χ2n) is 9.49. The highest BCUT2D eigenvalue weighted by Crippen LogP contribution is 2.35. The second-order valence-corrected chi connectivity index (χ2v) is 9.49. The third-order valence-electron chi connectivity index (χ3n) is 7.19. The van der Waals surface area contributed by atoms with E-state index in [1.807, 2.05) is 6.07 Å². The Kier molecular flexibility index (Phi) is 8.55. The number of hydrogen-bond acceptors (Lipinski definition) is 6. The molecule has 0 saturated heterocycles. The molecule has 0 spiro atoms. The van der Waals surface area contributed by atoms with E-state index in [0.717, 1.165) is 48.1 Å². The molecule has 4 N–H and O–H groups in total. The Labute approximate surface area is 203 Å². The number of carbonyl (C=O) groups excluding carboxylic acids is 2. The predicted molar refractivity (Wildman–Crippen MR) is 133 cm³/mol. The molecule has 7 nitrogen and oxygen atoms in total. The maximum absolute atomic E-state index is 13.4. The van der Waals surface area contributed by atoms with Crippen molar-refractivity contribution < 1.29 is 19.1 Å². The van der Waals surface area contributed by atoms with Crippen LogP contribution in [0.4, 0.5) is 0 Å². The fraction of sp³-hybridized carbons (Fsp3) is 0.556. The van der Waals surface area contributed by atoms with Crippen LogP contribution in [0.2, 0.25) is 0 Å². The molecule has 3 rings (SSSR count). The summed E-state index contributed by atoms with van der Waals surface area (Å²) in [6, 6.07) is 3.95. The highest BCUT2D eigenvalue weighted by Gasteiger charge is 2.37. The first-order valence-corrected chi connectivity index (χ1v) is 12.3. The summed E-state index contributed by atoms with van der Waals surface area (Å²) in [5.41, 5.74) is 11.6. The van der Waals surface area contributed by atoms with Gasteiger partial charge in [-0.25, -0.2) is 4.79 Å². The second kappa shape index (κ2) is 11.2. The number of rotatable bonds is 12. The molecule has 186 valence electrons. The molecule has 2 heterocycles. The van der Waals surface area contributed by atoms with Crippen LogP contribution in [-0.4, -0.2) is 31.6 Å². The third kappa shape index (κ3) is 5.36. The normalized spacial score (nSPS) is 16.4. The van der Waals surface area contributed by atoms with E-state index < -0.39 is 5.41 Å². The molecule has 0 radical (unpaired) electrons. The molecule has 1 unspecified atom stereocenters. The summed E-state index contributed by atoms with van der Waals surface area (Å²) in [4.78, 5) is 25.1. The van der Waals surface area contributed by atoms with E-state index in [-0.39, 0.29) is 24.5 Å². The van der Waals surface area contributed by atoms with Crippen molar-refractivity contribution in [2.24, 2.45) is 11.1 Å². The molecular formula is C27H39N3O4. The highest BCUT2D eigenvalue weighted by atomic mass is 16.5. The molecule has 1 amide bonds. The van der Waals surface area contributed by atoms with Crippen molar-refractivity contribution in [3.8, 4) is 0 Å². The number of carbonyl (C=O) groups is 2. The van der Waals surface area contributed by atoms with Gasteiger partial charge in [0.25, 0.3) is 0 Å². The highest BCUT2D eigenvalue weighted by molar-refractivity contribution is 5.93. The monoisotopic (exact) mass is 469 g/mol. The fourth-order valence-corrected chi connectivity index (χ4v) is 5.11. The number of ether oxygens (including phenoxy) is 2. The van der Waals surface area contributed by atoms with Crippen molar-refractivity contribution in [3.05, 3.63) is 52.2 Å². The van der Waals surface area contributed by atoms with E-state index in [1.165, 1.54) is 5.56 Å². The Balaban J connectivity index is 1.63. The van der Waals surface area contributed by atoms with Gasteiger partial charge in [0, 0.05) is 23.7 Å². The van der Waals surface area contributed by atoms with Crippen LogP contribution in [0, 0.1) is 12.3 Å². The van der Waals surface area contributed by atoms with Crippen LogP contribution in [0.25, 0.3) is 5.76 Å². The van der Waals surface area contributed by atoms with Crippen LogP contribution in [0.5, 0.6) is 0 Å². The van der Waals surface area contributed by atoms with Crippen LogP contribution in [0.15, 0.2) is 30.0 Å². The lowest BCUT2D eigenvalue weighted by Crippen LogP contribution is -2.43. The molecule has 0 saturated carbocycles. The maximum atomic E-state index is 13.4. The summed E-state index contributed by atoms with van der Waals surface area (Å²) in [5, 5.41) is 6.48. The zero-order chi connectivity index (χ0) is 24.9. The number of fused-ring (bicyclic) bond motifs is 1. The van der Waals surface area contributed by atoms with Crippen molar-refractivity contribution >= 4 is 17.6 Å². The number of benzene rings is 1. The molecule has 1 aromatic carbocycles. The SMILES string of the molecule is C=C1OCc2c1ccc(C(N)CNCCC(CCC)(CCC)C(=O)NC1=C(C)C(=O)OC1)c2C. The fourth-order valence-electron chi connectivity index (χ4n) is 5.11. The molecule has 2 aliphatic heterocycles. The van der Waals surface area contributed by atoms with Gasteiger partial charge in [0.15, 0.2) is 0 Å². The van der Waals surface area contributed by atoms with E-state index in [4.69, 9.17) is 15.2 Å². The van der Waals surface area contributed by atoms with Crippen LogP contribution in [0.3, 0.4) is 0 Å². The Hall–Kier alpha value is -2.64. The van der Waals surface area contributed by atoms with Gasteiger partial charge in [0.1, 0.15) is 19.0 Å². The van der Waals surface area contributed by atoms with E-state index in [1.54, 1.807) is 6.92 Å². The summed E-state index contributed by atoms with van der Waals surface area (Å²) >= 11 is 0. The zero-order valence-electron chi connectivity index (χ0n) is 21.0. The van der Waals surface area contributed by atoms with Gasteiger partial charge < -0.3 is 25.8 Å². The molecule has 7 heteroatoms. The van der Waals surface area contributed by atoms with Gasteiger partial charge in [-0.05, 0) is 50.8 Å². The summed E-state index contributed by atoms with van der Waals surface area (Å²) in [5.74, 6) is 0.335. The molecule has 0 aliphatic carbocycles. The molecule has 34 heavy (non-hydrogen) atoms. The Bertz CT molecular complexity index is 976. The van der Waals surface area contributed by atoms with Gasteiger partial charge in [-0.2, -0.15) is 0 Å². The van der Waals surface area contributed by atoms with Crippen molar-refractivity contribution in [2.45, 2.75) is 72.4 Å². The van der Waals surface area contributed by atoms with Gasteiger partial charge in [-0.1, -0.05) is 45.4 Å². The molecule has 1 atom stereocenters. The standard InChI is InChI=1S/C27H39N3O4/c1-6-10-27(11-7-2,26(32)30-24-16-34-25(31)18(24)4)12-13-29-14-23(28)20-8-9-21-19(5)33-15-22(21)17(20)3/h8-9,23,29H,5-7,10-16,28H2,1-4H3,(H,30,32). The summed E-state index contributed by atoms with van der Waals surface area (Å²) < 4.78 is 10.6. The number of cyclic esters (lactones) is 1. The Morgan fingerprint density at radius 2 is 1.85 bits per heavy atom. The minimum Gasteiger partial charge on any atom is -0.489 e. The lowest BCUT2D eigenvalue weighted by Gasteiger charge is -2.33. The van der Waals surface area contributed by atoms with Crippen LogP contribution in [0.1, 0.15) is 81.2 Å². The van der Waals surface area contributed by atoms with E-state index in [2.05, 4.69) is 44.1 Å². The molecule has 1 aromatic rings. The first-order chi connectivity index (χ1) is 16.2. The molecule has 0 fully saturated rings. The molecule has 0 aromatic heterocycles. The first kappa shape index (κ1) is 26.0. The average molecular weight is 470 g/mol. The van der Waals surface area contributed by atoms with Crippen LogP contribution >= 0.6 is 0 Å². The van der Waals surface area contributed by atoms with E-state index in [9.17, 15) is 9.59 Å². The molecule has 2 aliphatic rings. The summed E-state index contributed by atoms with van der Waals surface area (Å²) in [6.45, 7) is 13.9. The first-order valence-electron chi connectivity index (χ1n) is 12.3. The predicted octanol–water partition coefficient (Wildman–Crippen LogP) is 4.01. The topological polar surface area (TPSA) is 103 Å². The zero-order valence-corrected chi connectivity index (χ0v) is 21.0. The lowest BCUT2D eigenvalue weighted by molar-refractivity contribution is -0.136. The lowest BCUT2D eigenvalue weighted by atomic mass is 9.75. The minimum atomic E-state index is -0.499. The number of nitrogens with two attached hydrogens (primary N) is 1. The largest absolute Gasteiger partial charge is 0.489 e. The third-order valence-corrected chi connectivity index (χ3v) is 7.19. The quantitative estimate of drug-likeness (QED) is 0.316. The summed E-state index contributed by atoms with van der Waals surface area (Å²) in [6.07, 6.45) is 4.08. The van der Waals surface area contributed by atoms with Crippen molar-refractivity contribution in [1.82, 2.24) is 10.6 Å². The number of amides is 1. The van der Waals surface area contributed by atoms with Gasteiger partial charge in [-0.3, -0.25) is 4.79 Å². The van der Waals surface area contributed by atoms with Gasteiger partial charge in [-0.15, -0.1) is 0 Å². The Morgan fingerprint density at radius 1 is 1.15 bits per heavy atom. The van der Waals surface area contributed by atoms with Crippen molar-refractivity contribution in [2.75, 3.05) is 19.7 Å². The van der Waals surface area contributed by atoms with E-state index >= 15 is 0 Å². The van der Waals surface area contributed by atoms with Gasteiger partial charge in [0.2, 0.25) is 5.91 Å².